The van der Waals surface area contributed by atoms with Crippen molar-refractivity contribution < 1.29 is 18.3 Å². The van der Waals surface area contributed by atoms with Crippen molar-refractivity contribution in [3.63, 3.8) is 0 Å². The van der Waals surface area contributed by atoms with Crippen molar-refractivity contribution in [3.8, 4) is 0 Å². The second-order valence-electron chi connectivity index (χ2n) is 4.19. The largest absolute Gasteiger partial charge is 0.393 e. The Morgan fingerprint density at radius 1 is 1.33 bits per heavy atom. The van der Waals surface area contributed by atoms with Crippen molar-refractivity contribution in [2.24, 2.45) is 11.8 Å². The van der Waals surface area contributed by atoms with Crippen LogP contribution in [0.25, 0.3) is 0 Å². The van der Waals surface area contributed by atoms with Gasteiger partial charge in [-0.1, -0.05) is 18.9 Å². The van der Waals surface area contributed by atoms with Crippen molar-refractivity contribution in [1.29, 1.82) is 0 Å². The van der Waals surface area contributed by atoms with Gasteiger partial charge >= 0.3 is 6.18 Å². The van der Waals surface area contributed by atoms with Gasteiger partial charge in [0.2, 0.25) is 0 Å². The first-order valence-electron chi connectivity index (χ1n) is 5.32. The molecule has 0 heterocycles. The molecular formula is C11H17F3O. The SMILES string of the molecule is C=CCC(O)C1CCCCC1C(F)(F)F. The van der Waals surface area contributed by atoms with Crippen LogP contribution in [-0.2, 0) is 0 Å². The van der Waals surface area contributed by atoms with E-state index in [1.807, 2.05) is 0 Å². The van der Waals surface area contributed by atoms with E-state index < -0.39 is 24.1 Å². The van der Waals surface area contributed by atoms with Gasteiger partial charge in [-0.3, -0.25) is 0 Å². The number of aliphatic hydroxyl groups is 1. The van der Waals surface area contributed by atoms with Gasteiger partial charge in [-0.05, 0) is 25.2 Å². The Kier molecular flexibility index (Phi) is 4.20. The lowest BCUT2D eigenvalue weighted by atomic mass is 9.75. The minimum absolute atomic E-state index is 0.155. The van der Waals surface area contributed by atoms with Crippen LogP contribution in [0.1, 0.15) is 32.1 Å². The first-order chi connectivity index (χ1) is 6.96. The summed E-state index contributed by atoms with van der Waals surface area (Å²) in [5.41, 5.74) is 0. The summed E-state index contributed by atoms with van der Waals surface area (Å²) in [4.78, 5) is 0. The molecule has 3 unspecified atom stereocenters. The lowest BCUT2D eigenvalue weighted by Gasteiger charge is -2.35. The van der Waals surface area contributed by atoms with Crippen molar-refractivity contribution in [3.05, 3.63) is 12.7 Å². The molecule has 3 atom stereocenters. The molecule has 1 aliphatic rings. The highest BCUT2D eigenvalue weighted by Crippen LogP contribution is 2.43. The Balaban J connectivity index is 2.69. The monoisotopic (exact) mass is 222 g/mol. The summed E-state index contributed by atoms with van der Waals surface area (Å²) in [5.74, 6) is -1.97. The summed E-state index contributed by atoms with van der Waals surface area (Å²) < 4.78 is 38.0. The van der Waals surface area contributed by atoms with E-state index >= 15 is 0 Å². The molecule has 0 bridgehead atoms. The van der Waals surface area contributed by atoms with Crippen LogP contribution in [0.2, 0.25) is 0 Å². The quantitative estimate of drug-likeness (QED) is 0.726. The van der Waals surface area contributed by atoms with Gasteiger partial charge in [0.1, 0.15) is 0 Å². The first-order valence-corrected chi connectivity index (χ1v) is 5.32. The van der Waals surface area contributed by atoms with Gasteiger partial charge in [0.05, 0.1) is 12.0 Å². The smallest absolute Gasteiger partial charge is 0.392 e. The predicted octanol–water partition coefficient (Wildman–Crippen LogP) is 3.29. The zero-order valence-corrected chi connectivity index (χ0v) is 8.63. The van der Waals surface area contributed by atoms with Gasteiger partial charge in [0.15, 0.2) is 0 Å². The van der Waals surface area contributed by atoms with E-state index in [-0.39, 0.29) is 12.8 Å². The number of hydrogen-bond acceptors (Lipinski definition) is 1. The van der Waals surface area contributed by atoms with Crippen LogP contribution in [0.4, 0.5) is 13.2 Å². The zero-order chi connectivity index (χ0) is 11.5. The number of hydrogen-bond donors (Lipinski definition) is 1. The Morgan fingerprint density at radius 2 is 1.93 bits per heavy atom. The zero-order valence-electron chi connectivity index (χ0n) is 8.63. The highest BCUT2D eigenvalue weighted by Gasteiger charge is 2.47. The molecule has 0 aromatic carbocycles. The van der Waals surface area contributed by atoms with Gasteiger partial charge in [0, 0.05) is 0 Å². The molecule has 1 nitrogen and oxygen atoms in total. The standard InChI is InChI=1S/C11H17F3O/c1-2-5-10(15)8-6-3-4-7-9(8)11(12,13)14/h2,8-10,15H,1,3-7H2. The summed E-state index contributed by atoms with van der Waals surface area (Å²) in [6.07, 6.45) is -1.32. The van der Waals surface area contributed by atoms with Crippen LogP contribution in [0.5, 0.6) is 0 Å². The molecule has 0 aliphatic heterocycles. The molecule has 0 amide bonds. The minimum atomic E-state index is -4.17. The van der Waals surface area contributed by atoms with E-state index in [4.69, 9.17) is 0 Å². The fraction of sp³-hybridized carbons (Fsp3) is 0.818. The third-order valence-electron chi connectivity index (χ3n) is 3.14. The maximum Gasteiger partial charge on any atom is 0.392 e. The van der Waals surface area contributed by atoms with Crippen LogP contribution in [0, 0.1) is 11.8 Å². The number of aliphatic hydroxyl groups excluding tert-OH is 1. The first kappa shape index (κ1) is 12.6. The molecule has 1 fully saturated rings. The van der Waals surface area contributed by atoms with Crippen LogP contribution >= 0.6 is 0 Å². The van der Waals surface area contributed by atoms with Crippen molar-refractivity contribution in [2.45, 2.75) is 44.4 Å². The Morgan fingerprint density at radius 3 is 2.47 bits per heavy atom. The summed E-state index contributed by atoms with van der Waals surface area (Å²) in [6, 6.07) is 0. The Bertz CT molecular complexity index is 212. The topological polar surface area (TPSA) is 20.2 Å². The number of alkyl halides is 3. The predicted molar refractivity (Wildman–Crippen MR) is 52.3 cm³/mol. The molecule has 4 heteroatoms. The van der Waals surface area contributed by atoms with Crippen LogP contribution in [-0.4, -0.2) is 17.4 Å². The number of rotatable bonds is 3. The fourth-order valence-corrected chi connectivity index (χ4v) is 2.37. The van der Waals surface area contributed by atoms with Gasteiger partial charge in [-0.25, -0.2) is 0 Å². The van der Waals surface area contributed by atoms with Crippen LogP contribution in [0.3, 0.4) is 0 Å². The molecule has 1 rings (SSSR count). The average Bonchev–Trinajstić information content (AvgIpc) is 2.17. The molecule has 15 heavy (non-hydrogen) atoms. The van der Waals surface area contributed by atoms with Crippen LogP contribution < -0.4 is 0 Å². The van der Waals surface area contributed by atoms with Gasteiger partial charge in [-0.2, -0.15) is 13.2 Å². The molecule has 0 radical (unpaired) electrons. The van der Waals surface area contributed by atoms with Crippen LogP contribution in [0.15, 0.2) is 12.7 Å². The molecule has 1 saturated carbocycles. The van der Waals surface area contributed by atoms with Gasteiger partial charge in [-0.15, -0.1) is 6.58 Å². The molecule has 0 saturated heterocycles. The van der Waals surface area contributed by atoms with E-state index in [9.17, 15) is 18.3 Å². The summed E-state index contributed by atoms with van der Waals surface area (Å²) in [5, 5.41) is 9.64. The third kappa shape index (κ3) is 3.23. The minimum Gasteiger partial charge on any atom is -0.393 e. The molecule has 0 aromatic heterocycles. The maximum atomic E-state index is 12.7. The normalized spacial score (nSPS) is 29.9. The molecule has 1 N–H and O–H groups in total. The summed E-state index contributed by atoms with van der Waals surface area (Å²) >= 11 is 0. The molecule has 88 valence electrons. The summed E-state index contributed by atoms with van der Waals surface area (Å²) in [7, 11) is 0. The van der Waals surface area contributed by atoms with Crippen molar-refractivity contribution in [2.75, 3.05) is 0 Å². The van der Waals surface area contributed by atoms with E-state index in [0.717, 1.165) is 6.42 Å². The second-order valence-corrected chi connectivity index (χ2v) is 4.19. The van der Waals surface area contributed by atoms with Gasteiger partial charge < -0.3 is 5.11 Å². The van der Waals surface area contributed by atoms with E-state index in [2.05, 4.69) is 6.58 Å². The highest BCUT2D eigenvalue weighted by atomic mass is 19.4. The lowest BCUT2D eigenvalue weighted by molar-refractivity contribution is -0.206. The van der Waals surface area contributed by atoms with E-state index in [1.165, 1.54) is 6.08 Å². The van der Waals surface area contributed by atoms with Crippen molar-refractivity contribution >= 4 is 0 Å². The second kappa shape index (κ2) is 5.01. The average molecular weight is 222 g/mol. The highest BCUT2D eigenvalue weighted by molar-refractivity contribution is 4.87. The number of halogens is 3. The summed E-state index contributed by atoms with van der Waals surface area (Å²) in [6.45, 7) is 3.44. The van der Waals surface area contributed by atoms with E-state index in [1.54, 1.807) is 0 Å². The molecule has 1 aliphatic carbocycles. The molecule has 0 aromatic rings. The Labute approximate surface area is 88.0 Å². The van der Waals surface area contributed by atoms with E-state index in [0.29, 0.717) is 12.8 Å². The third-order valence-corrected chi connectivity index (χ3v) is 3.14. The maximum absolute atomic E-state index is 12.7. The molecular weight excluding hydrogens is 205 g/mol. The fourth-order valence-electron chi connectivity index (χ4n) is 2.37. The van der Waals surface area contributed by atoms with Gasteiger partial charge in [0.25, 0.3) is 0 Å². The Hall–Kier alpha value is -0.510. The molecule has 0 spiro atoms. The van der Waals surface area contributed by atoms with Crippen molar-refractivity contribution in [1.82, 2.24) is 0 Å². The lowest BCUT2D eigenvalue weighted by Crippen LogP contribution is -2.39.